The number of rotatable bonds is 4. The maximum absolute atomic E-state index is 5.10. The van der Waals surface area contributed by atoms with E-state index in [4.69, 9.17) is 4.74 Å². The van der Waals surface area contributed by atoms with Gasteiger partial charge < -0.3 is 14.6 Å². The van der Waals surface area contributed by atoms with Gasteiger partial charge in [-0.1, -0.05) is 0 Å². The van der Waals surface area contributed by atoms with Crippen LogP contribution in [0.15, 0.2) is 12.4 Å². The SMILES string of the molecule is COCCn1ccnc1C1NCC12CC2. The summed E-state index contributed by atoms with van der Waals surface area (Å²) < 4.78 is 7.31. The van der Waals surface area contributed by atoms with Gasteiger partial charge in [0, 0.05) is 38.0 Å². The molecule has 1 aromatic heterocycles. The van der Waals surface area contributed by atoms with Crippen molar-refractivity contribution >= 4 is 0 Å². The first-order valence-corrected chi connectivity index (χ1v) is 5.59. The van der Waals surface area contributed by atoms with Crippen LogP contribution in [-0.2, 0) is 11.3 Å². The number of nitrogens with one attached hydrogen (secondary N) is 1. The van der Waals surface area contributed by atoms with Gasteiger partial charge in [-0.25, -0.2) is 4.98 Å². The molecule has 1 saturated heterocycles. The van der Waals surface area contributed by atoms with Crippen LogP contribution < -0.4 is 5.32 Å². The van der Waals surface area contributed by atoms with Crippen molar-refractivity contribution in [1.82, 2.24) is 14.9 Å². The van der Waals surface area contributed by atoms with Gasteiger partial charge in [0.15, 0.2) is 0 Å². The van der Waals surface area contributed by atoms with Crippen molar-refractivity contribution in [2.24, 2.45) is 5.41 Å². The molecule has 1 aromatic rings. The Balaban J connectivity index is 1.76. The van der Waals surface area contributed by atoms with Gasteiger partial charge in [-0.15, -0.1) is 0 Å². The third-order valence-electron chi connectivity index (χ3n) is 3.71. The molecule has 0 amide bonds. The molecule has 4 heteroatoms. The number of imidazole rings is 1. The lowest BCUT2D eigenvalue weighted by atomic mass is 9.87. The van der Waals surface area contributed by atoms with Gasteiger partial charge in [0.2, 0.25) is 0 Å². The zero-order valence-electron chi connectivity index (χ0n) is 9.07. The number of aromatic nitrogens is 2. The predicted molar refractivity (Wildman–Crippen MR) is 56.5 cm³/mol. The number of ether oxygens (including phenoxy) is 1. The van der Waals surface area contributed by atoms with Crippen molar-refractivity contribution < 1.29 is 4.74 Å². The van der Waals surface area contributed by atoms with E-state index < -0.39 is 0 Å². The Hall–Kier alpha value is -0.870. The standard InChI is InChI=1S/C11H17N3O/c1-15-7-6-14-5-4-12-10(14)9-11(2-3-11)8-13-9/h4-5,9,13H,2-3,6-8H2,1H3. The Morgan fingerprint density at radius 3 is 3.13 bits per heavy atom. The van der Waals surface area contributed by atoms with Crippen molar-refractivity contribution in [3.05, 3.63) is 18.2 Å². The summed E-state index contributed by atoms with van der Waals surface area (Å²) >= 11 is 0. The van der Waals surface area contributed by atoms with E-state index in [1.807, 2.05) is 12.4 Å². The lowest BCUT2D eigenvalue weighted by molar-refractivity contribution is 0.171. The molecule has 2 heterocycles. The Kier molecular flexibility index (Phi) is 2.07. The van der Waals surface area contributed by atoms with Crippen molar-refractivity contribution in [3.63, 3.8) is 0 Å². The van der Waals surface area contributed by atoms with E-state index in [9.17, 15) is 0 Å². The van der Waals surface area contributed by atoms with Gasteiger partial charge in [-0.05, 0) is 12.8 Å². The Bertz CT molecular complexity index is 356. The molecule has 15 heavy (non-hydrogen) atoms. The van der Waals surface area contributed by atoms with Crippen LogP contribution >= 0.6 is 0 Å². The Morgan fingerprint density at radius 2 is 2.53 bits per heavy atom. The average molecular weight is 207 g/mol. The number of methoxy groups -OCH3 is 1. The molecule has 1 atom stereocenters. The summed E-state index contributed by atoms with van der Waals surface area (Å²) in [4.78, 5) is 4.47. The van der Waals surface area contributed by atoms with Crippen molar-refractivity contribution in [2.75, 3.05) is 20.3 Å². The molecule has 1 spiro atoms. The zero-order valence-corrected chi connectivity index (χ0v) is 9.07. The summed E-state index contributed by atoms with van der Waals surface area (Å²) in [5.41, 5.74) is 0.566. The monoisotopic (exact) mass is 207 g/mol. The lowest BCUT2D eigenvalue weighted by Crippen LogP contribution is -2.48. The molecule has 2 fully saturated rings. The highest BCUT2D eigenvalue weighted by Gasteiger charge is 2.57. The van der Waals surface area contributed by atoms with E-state index in [2.05, 4.69) is 14.9 Å². The van der Waals surface area contributed by atoms with Crippen LogP contribution in [0.1, 0.15) is 24.7 Å². The second-order valence-corrected chi connectivity index (χ2v) is 4.65. The van der Waals surface area contributed by atoms with Crippen molar-refractivity contribution in [1.29, 1.82) is 0 Å². The quantitative estimate of drug-likeness (QED) is 0.799. The number of hydrogen-bond acceptors (Lipinski definition) is 3. The summed E-state index contributed by atoms with van der Waals surface area (Å²) in [7, 11) is 1.74. The fourth-order valence-corrected chi connectivity index (χ4v) is 2.44. The minimum atomic E-state index is 0.490. The largest absolute Gasteiger partial charge is 0.383 e. The number of hydrogen-bond donors (Lipinski definition) is 1. The summed E-state index contributed by atoms with van der Waals surface area (Å²) in [6.45, 7) is 2.83. The molecule has 2 aliphatic rings. The highest BCUT2D eigenvalue weighted by molar-refractivity contribution is 5.19. The molecule has 3 rings (SSSR count). The fourth-order valence-electron chi connectivity index (χ4n) is 2.44. The Labute approximate surface area is 89.6 Å². The number of nitrogens with zero attached hydrogens (tertiary/aromatic N) is 2. The molecule has 1 N–H and O–H groups in total. The van der Waals surface area contributed by atoms with Crippen LogP contribution in [0.5, 0.6) is 0 Å². The predicted octanol–water partition coefficient (Wildman–Crippen LogP) is 0.954. The van der Waals surface area contributed by atoms with Crippen molar-refractivity contribution in [2.45, 2.75) is 25.4 Å². The summed E-state index contributed by atoms with van der Waals surface area (Å²) in [5, 5.41) is 3.49. The fraction of sp³-hybridized carbons (Fsp3) is 0.727. The van der Waals surface area contributed by atoms with E-state index >= 15 is 0 Å². The molecular weight excluding hydrogens is 190 g/mol. The highest BCUT2D eigenvalue weighted by atomic mass is 16.5. The van der Waals surface area contributed by atoms with Crippen LogP contribution in [0.3, 0.4) is 0 Å². The smallest absolute Gasteiger partial charge is 0.126 e. The topological polar surface area (TPSA) is 39.1 Å². The van der Waals surface area contributed by atoms with Crippen LogP contribution in [0.25, 0.3) is 0 Å². The zero-order chi connectivity index (χ0) is 10.3. The van der Waals surface area contributed by atoms with Gasteiger partial charge in [0.25, 0.3) is 0 Å². The molecule has 4 nitrogen and oxygen atoms in total. The van der Waals surface area contributed by atoms with Crippen LogP contribution in [0.2, 0.25) is 0 Å². The Morgan fingerprint density at radius 1 is 1.67 bits per heavy atom. The molecular formula is C11H17N3O. The summed E-state index contributed by atoms with van der Waals surface area (Å²) in [5.74, 6) is 1.19. The molecule has 1 aliphatic heterocycles. The van der Waals surface area contributed by atoms with E-state index in [0.717, 1.165) is 13.2 Å². The molecule has 0 aromatic carbocycles. The maximum Gasteiger partial charge on any atom is 0.126 e. The normalized spacial score (nSPS) is 26.6. The van der Waals surface area contributed by atoms with E-state index in [1.54, 1.807) is 7.11 Å². The first kappa shape index (κ1) is 9.36. The molecule has 1 unspecified atom stereocenters. The van der Waals surface area contributed by atoms with E-state index in [1.165, 1.54) is 25.2 Å². The second-order valence-electron chi connectivity index (χ2n) is 4.65. The van der Waals surface area contributed by atoms with E-state index in [-0.39, 0.29) is 0 Å². The van der Waals surface area contributed by atoms with E-state index in [0.29, 0.717) is 11.5 Å². The van der Waals surface area contributed by atoms with Crippen LogP contribution in [-0.4, -0.2) is 29.8 Å². The third-order valence-corrected chi connectivity index (χ3v) is 3.71. The van der Waals surface area contributed by atoms with Crippen molar-refractivity contribution in [3.8, 4) is 0 Å². The molecule has 1 aliphatic carbocycles. The van der Waals surface area contributed by atoms with Gasteiger partial charge in [-0.3, -0.25) is 0 Å². The van der Waals surface area contributed by atoms with Gasteiger partial charge in [0.05, 0.1) is 12.6 Å². The summed E-state index contributed by atoms with van der Waals surface area (Å²) in [6.07, 6.45) is 6.66. The van der Waals surface area contributed by atoms with Crippen LogP contribution in [0.4, 0.5) is 0 Å². The van der Waals surface area contributed by atoms with Gasteiger partial charge in [-0.2, -0.15) is 0 Å². The molecule has 0 bridgehead atoms. The maximum atomic E-state index is 5.10. The highest BCUT2D eigenvalue weighted by Crippen LogP contribution is 2.59. The first-order chi connectivity index (χ1) is 7.36. The second kappa shape index (κ2) is 3.32. The van der Waals surface area contributed by atoms with Gasteiger partial charge in [0.1, 0.15) is 5.82 Å². The van der Waals surface area contributed by atoms with Gasteiger partial charge >= 0.3 is 0 Å². The molecule has 0 radical (unpaired) electrons. The summed E-state index contributed by atoms with van der Waals surface area (Å²) in [6, 6.07) is 0.490. The lowest BCUT2D eigenvalue weighted by Gasteiger charge is -2.38. The average Bonchev–Trinajstić information content (AvgIpc) is 2.94. The van der Waals surface area contributed by atoms with Crippen LogP contribution in [0, 0.1) is 5.41 Å². The molecule has 82 valence electrons. The third kappa shape index (κ3) is 1.40. The first-order valence-electron chi connectivity index (χ1n) is 5.59. The minimum Gasteiger partial charge on any atom is -0.383 e. The minimum absolute atomic E-state index is 0.490. The molecule has 1 saturated carbocycles.